The molecule has 0 aromatic heterocycles. The van der Waals surface area contributed by atoms with Gasteiger partial charge in [0.1, 0.15) is 0 Å². The largest absolute Gasteiger partial charge is 0.316 e. The highest BCUT2D eigenvalue weighted by molar-refractivity contribution is 7.99. The molecular formula is C13H21NS. The fourth-order valence-corrected chi connectivity index (χ4v) is 2.41. The first kappa shape index (κ1) is 12.6. The highest BCUT2D eigenvalue weighted by Gasteiger charge is 2.07. The van der Waals surface area contributed by atoms with Crippen LogP contribution in [-0.2, 0) is 6.42 Å². The molecular weight excluding hydrogens is 202 g/mol. The van der Waals surface area contributed by atoms with Crippen LogP contribution >= 0.6 is 11.8 Å². The Hall–Kier alpha value is -0.470. The first-order valence-corrected chi connectivity index (χ1v) is 6.73. The molecule has 0 heterocycles. The molecule has 1 rings (SSSR count). The van der Waals surface area contributed by atoms with Crippen molar-refractivity contribution in [2.45, 2.75) is 26.3 Å². The van der Waals surface area contributed by atoms with E-state index in [1.165, 1.54) is 22.6 Å². The van der Waals surface area contributed by atoms with Gasteiger partial charge in [-0.15, -0.1) is 0 Å². The van der Waals surface area contributed by atoms with Gasteiger partial charge in [0.05, 0.1) is 0 Å². The molecule has 0 aliphatic carbocycles. The molecule has 0 bridgehead atoms. The first-order valence-electron chi connectivity index (χ1n) is 5.57. The van der Waals surface area contributed by atoms with Crippen LogP contribution in [0.5, 0.6) is 0 Å². The molecule has 0 aliphatic heterocycles. The lowest BCUT2D eigenvalue weighted by Gasteiger charge is -2.16. The zero-order chi connectivity index (χ0) is 11.1. The molecule has 15 heavy (non-hydrogen) atoms. The van der Waals surface area contributed by atoms with Crippen LogP contribution in [0.15, 0.2) is 24.3 Å². The van der Waals surface area contributed by atoms with Gasteiger partial charge in [-0.3, -0.25) is 0 Å². The van der Waals surface area contributed by atoms with Gasteiger partial charge in [-0.2, -0.15) is 11.8 Å². The minimum absolute atomic E-state index is 0.594. The number of likely N-dealkylation sites (N-methyl/N-ethyl adjacent to an activating group) is 1. The van der Waals surface area contributed by atoms with Crippen molar-refractivity contribution in [3.05, 3.63) is 35.4 Å². The van der Waals surface area contributed by atoms with Gasteiger partial charge >= 0.3 is 0 Å². The van der Waals surface area contributed by atoms with Crippen LogP contribution in [0, 0.1) is 6.92 Å². The Labute approximate surface area is 97.7 Å². The summed E-state index contributed by atoms with van der Waals surface area (Å²) < 4.78 is 0. The molecule has 0 amide bonds. The summed E-state index contributed by atoms with van der Waals surface area (Å²) in [5.41, 5.74) is 2.87. The van der Waals surface area contributed by atoms with E-state index in [1.807, 2.05) is 11.8 Å². The van der Waals surface area contributed by atoms with Gasteiger partial charge in [0.2, 0.25) is 0 Å². The van der Waals surface area contributed by atoms with Gasteiger partial charge in [0.15, 0.2) is 0 Å². The van der Waals surface area contributed by atoms with Crippen molar-refractivity contribution < 1.29 is 0 Å². The van der Waals surface area contributed by atoms with Crippen molar-refractivity contribution in [3.63, 3.8) is 0 Å². The zero-order valence-corrected chi connectivity index (χ0v) is 10.7. The standard InChI is InChI=1S/C13H21NS/c1-4-15-10-13(14-3)9-12-8-6-5-7-11(12)2/h5-8,13-14H,4,9-10H2,1-3H3. The van der Waals surface area contributed by atoms with Gasteiger partial charge in [0.25, 0.3) is 0 Å². The molecule has 0 aliphatic rings. The van der Waals surface area contributed by atoms with Crippen molar-refractivity contribution in [2.75, 3.05) is 18.6 Å². The summed E-state index contributed by atoms with van der Waals surface area (Å²) in [6, 6.07) is 9.25. The van der Waals surface area contributed by atoms with Gasteiger partial charge in [-0.25, -0.2) is 0 Å². The molecule has 0 saturated carbocycles. The maximum Gasteiger partial charge on any atom is 0.0195 e. The third kappa shape index (κ3) is 4.27. The molecule has 1 unspecified atom stereocenters. The molecule has 1 N–H and O–H groups in total. The van der Waals surface area contributed by atoms with E-state index in [0.717, 1.165) is 6.42 Å². The van der Waals surface area contributed by atoms with Gasteiger partial charge < -0.3 is 5.32 Å². The molecule has 84 valence electrons. The second-order valence-corrected chi connectivity index (χ2v) is 5.09. The summed E-state index contributed by atoms with van der Waals surface area (Å²) in [7, 11) is 2.05. The summed E-state index contributed by atoms with van der Waals surface area (Å²) in [6.45, 7) is 4.40. The summed E-state index contributed by atoms with van der Waals surface area (Å²) in [5, 5.41) is 3.39. The highest BCUT2D eigenvalue weighted by atomic mass is 32.2. The maximum atomic E-state index is 3.39. The van der Waals surface area contributed by atoms with E-state index in [4.69, 9.17) is 0 Å². The Bertz CT molecular complexity index is 286. The van der Waals surface area contributed by atoms with Crippen molar-refractivity contribution in [1.29, 1.82) is 0 Å². The van der Waals surface area contributed by atoms with Crippen molar-refractivity contribution in [3.8, 4) is 0 Å². The van der Waals surface area contributed by atoms with E-state index in [2.05, 4.69) is 50.5 Å². The lowest BCUT2D eigenvalue weighted by molar-refractivity contribution is 0.615. The number of hydrogen-bond acceptors (Lipinski definition) is 2. The fourth-order valence-electron chi connectivity index (χ4n) is 1.61. The minimum atomic E-state index is 0.594. The fraction of sp³-hybridized carbons (Fsp3) is 0.538. The lowest BCUT2D eigenvalue weighted by atomic mass is 10.0. The Balaban J connectivity index is 2.54. The predicted molar refractivity (Wildman–Crippen MR) is 70.7 cm³/mol. The summed E-state index contributed by atoms with van der Waals surface area (Å²) >= 11 is 2.00. The summed E-state index contributed by atoms with van der Waals surface area (Å²) in [5.74, 6) is 2.40. The minimum Gasteiger partial charge on any atom is -0.316 e. The Kier molecular flexibility index (Phi) is 5.81. The normalized spacial score (nSPS) is 12.7. The van der Waals surface area contributed by atoms with Crippen LogP contribution in [0.1, 0.15) is 18.1 Å². The topological polar surface area (TPSA) is 12.0 Å². The van der Waals surface area contributed by atoms with Crippen molar-refractivity contribution >= 4 is 11.8 Å². The second kappa shape index (κ2) is 6.91. The number of aryl methyl sites for hydroxylation is 1. The maximum absolute atomic E-state index is 3.39. The third-order valence-electron chi connectivity index (χ3n) is 2.66. The van der Waals surface area contributed by atoms with E-state index in [0.29, 0.717) is 6.04 Å². The van der Waals surface area contributed by atoms with Gasteiger partial charge in [-0.05, 0) is 37.3 Å². The molecule has 1 aromatic rings. The van der Waals surface area contributed by atoms with Crippen LogP contribution in [-0.4, -0.2) is 24.6 Å². The van der Waals surface area contributed by atoms with E-state index in [-0.39, 0.29) is 0 Å². The van der Waals surface area contributed by atoms with E-state index in [1.54, 1.807) is 0 Å². The molecule has 2 heteroatoms. The Morgan fingerprint density at radius 3 is 2.67 bits per heavy atom. The number of hydrogen-bond donors (Lipinski definition) is 1. The molecule has 0 saturated heterocycles. The van der Waals surface area contributed by atoms with Crippen molar-refractivity contribution in [2.24, 2.45) is 0 Å². The van der Waals surface area contributed by atoms with Crippen LogP contribution in [0.2, 0.25) is 0 Å². The monoisotopic (exact) mass is 223 g/mol. The zero-order valence-electron chi connectivity index (χ0n) is 9.92. The van der Waals surface area contributed by atoms with Crippen molar-refractivity contribution in [1.82, 2.24) is 5.32 Å². The average molecular weight is 223 g/mol. The number of benzene rings is 1. The Morgan fingerprint density at radius 2 is 2.07 bits per heavy atom. The molecule has 1 nitrogen and oxygen atoms in total. The molecule has 0 fully saturated rings. The second-order valence-electron chi connectivity index (χ2n) is 3.78. The highest BCUT2D eigenvalue weighted by Crippen LogP contribution is 2.12. The smallest absolute Gasteiger partial charge is 0.0195 e. The predicted octanol–water partition coefficient (Wildman–Crippen LogP) is 2.88. The number of thioether (sulfide) groups is 1. The van der Waals surface area contributed by atoms with E-state index >= 15 is 0 Å². The van der Waals surface area contributed by atoms with E-state index < -0.39 is 0 Å². The number of rotatable bonds is 6. The first-order chi connectivity index (χ1) is 7.27. The van der Waals surface area contributed by atoms with Gasteiger partial charge in [-0.1, -0.05) is 31.2 Å². The van der Waals surface area contributed by atoms with Crippen LogP contribution < -0.4 is 5.32 Å². The molecule has 1 aromatic carbocycles. The lowest BCUT2D eigenvalue weighted by Crippen LogP contribution is -2.30. The quantitative estimate of drug-likeness (QED) is 0.796. The number of nitrogens with one attached hydrogen (secondary N) is 1. The summed E-state index contributed by atoms with van der Waals surface area (Å²) in [6.07, 6.45) is 1.14. The summed E-state index contributed by atoms with van der Waals surface area (Å²) in [4.78, 5) is 0. The Morgan fingerprint density at radius 1 is 1.33 bits per heavy atom. The third-order valence-corrected chi connectivity index (χ3v) is 3.71. The van der Waals surface area contributed by atoms with Crippen LogP contribution in [0.25, 0.3) is 0 Å². The SMILES string of the molecule is CCSCC(Cc1ccccc1C)NC. The molecule has 0 spiro atoms. The molecule has 1 atom stereocenters. The van der Waals surface area contributed by atoms with Crippen LogP contribution in [0.4, 0.5) is 0 Å². The van der Waals surface area contributed by atoms with Crippen LogP contribution in [0.3, 0.4) is 0 Å². The van der Waals surface area contributed by atoms with Gasteiger partial charge in [0, 0.05) is 11.8 Å². The van der Waals surface area contributed by atoms with E-state index in [9.17, 15) is 0 Å². The average Bonchev–Trinajstić information content (AvgIpc) is 2.26. The molecule has 0 radical (unpaired) electrons.